The van der Waals surface area contributed by atoms with Crippen LogP contribution in [0.4, 0.5) is 0 Å². The van der Waals surface area contributed by atoms with E-state index in [1.54, 1.807) is 17.8 Å². The summed E-state index contributed by atoms with van der Waals surface area (Å²) in [7, 11) is 0. The van der Waals surface area contributed by atoms with E-state index in [2.05, 4.69) is 5.16 Å². The van der Waals surface area contributed by atoms with Crippen LogP contribution in [0.3, 0.4) is 0 Å². The molecule has 0 aliphatic carbocycles. The zero-order chi connectivity index (χ0) is 12.3. The summed E-state index contributed by atoms with van der Waals surface area (Å²) >= 11 is 1.66. The molecule has 0 radical (unpaired) electrons. The number of thioether (sulfide) groups is 1. The quantitative estimate of drug-likeness (QED) is 0.844. The first-order chi connectivity index (χ1) is 8.19. The summed E-state index contributed by atoms with van der Waals surface area (Å²) in [6.45, 7) is 0. The van der Waals surface area contributed by atoms with E-state index in [-0.39, 0.29) is 6.42 Å². The van der Waals surface area contributed by atoms with Gasteiger partial charge in [0.05, 0.1) is 12.1 Å². The molecular formula is C12H11NO3S. The minimum absolute atomic E-state index is 0.119. The fourth-order valence-electron chi connectivity index (χ4n) is 1.44. The third-order valence-electron chi connectivity index (χ3n) is 2.27. The number of hydrogen-bond acceptors (Lipinski definition) is 4. The monoisotopic (exact) mass is 249 g/mol. The Hall–Kier alpha value is -1.75. The average molecular weight is 249 g/mol. The molecule has 0 aliphatic rings. The molecule has 0 saturated heterocycles. The number of aliphatic carboxylic acids is 1. The maximum atomic E-state index is 10.5. The van der Waals surface area contributed by atoms with Crippen LogP contribution >= 0.6 is 11.8 Å². The molecule has 5 heteroatoms. The van der Waals surface area contributed by atoms with E-state index < -0.39 is 5.97 Å². The molecule has 1 heterocycles. The molecule has 2 aromatic rings. The number of nitrogens with zero attached hydrogens (tertiary/aromatic N) is 1. The Kier molecular flexibility index (Phi) is 3.49. The molecule has 1 aromatic heterocycles. The van der Waals surface area contributed by atoms with Gasteiger partial charge in [0.15, 0.2) is 5.76 Å². The van der Waals surface area contributed by atoms with Crippen molar-refractivity contribution in [2.45, 2.75) is 11.3 Å². The second kappa shape index (κ2) is 5.05. The van der Waals surface area contributed by atoms with Gasteiger partial charge in [-0.2, -0.15) is 0 Å². The normalized spacial score (nSPS) is 10.4. The van der Waals surface area contributed by atoms with Gasteiger partial charge in [-0.3, -0.25) is 4.79 Å². The third kappa shape index (κ3) is 2.88. The Morgan fingerprint density at radius 1 is 1.41 bits per heavy atom. The van der Waals surface area contributed by atoms with Gasteiger partial charge in [-0.15, -0.1) is 11.8 Å². The Morgan fingerprint density at radius 2 is 2.12 bits per heavy atom. The van der Waals surface area contributed by atoms with Gasteiger partial charge in [0, 0.05) is 16.5 Å². The number of carboxylic acid groups (broad SMARTS) is 1. The van der Waals surface area contributed by atoms with Gasteiger partial charge in [0.25, 0.3) is 0 Å². The summed E-state index contributed by atoms with van der Waals surface area (Å²) in [5.74, 6) is -0.323. The van der Waals surface area contributed by atoms with Crippen molar-refractivity contribution in [1.29, 1.82) is 0 Å². The molecule has 1 N–H and O–H groups in total. The van der Waals surface area contributed by atoms with E-state index >= 15 is 0 Å². The van der Waals surface area contributed by atoms with Gasteiger partial charge >= 0.3 is 5.97 Å². The first-order valence-electron chi connectivity index (χ1n) is 5.01. The lowest BCUT2D eigenvalue weighted by molar-refractivity contribution is -0.136. The highest BCUT2D eigenvalue weighted by atomic mass is 32.2. The molecule has 88 valence electrons. The molecule has 0 bridgehead atoms. The molecule has 4 nitrogen and oxygen atoms in total. The highest BCUT2D eigenvalue weighted by Crippen LogP contribution is 2.23. The molecule has 0 atom stereocenters. The molecule has 0 fully saturated rings. The number of carbonyl (C=O) groups is 1. The molecule has 0 unspecified atom stereocenters. The maximum absolute atomic E-state index is 10.5. The first-order valence-corrected chi connectivity index (χ1v) is 6.23. The second-order valence-corrected chi connectivity index (χ2v) is 4.36. The fourth-order valence-corrected chi connectivity index (χ4v) is 1.85. The van der Waals surface area contributed by atoms with Crippen molar-refractivity contribution in [1.82, 2.24) is 5.16 Å². The largest absolute Gasteiger partial charge is 0.481 e. The number of rotatable bonds is 4. The molecule has 2 rings (SSSR count). The van der Waals surface area contributed by atoms with Crippen LogP contribution in [0.1, 0.15) is 5.69 Å². The first kappa shape index (κ1) is 11.7. The fraction of sp³-hybridized carbons (Fsp3) is 0.167. The zero-order valence-electron chi connectivity index (χ0n) is 9.21. The highest BCUT2D eigenvalue weighted by Gasteiger charge is 2.09. The maximum Gasteiger partial charge on any atom is 0.309 e. The van der Waals surface area contributed by atoms with Crippen molar-refractivity contribution in [3.63, 3.8) is 0 Å². The van der Waals surface area contributed by atoms with E-state index in [0.717, 1.165) is 5.56 Å². The van der Waals surface area contributed by atoms with Crippen molar-refractivity contribution in [3.8, 4) is 11.3 Å². The summed E-state index contributed by atoms with van der Waals surface area (Å²) in [4.78, 5) is 11.7. The van der Waals surface area contributed by atoms with Gasteiger partial charge in [-0.1, -0.05) is 17.3 Å². The molecule has 0 amide bonds. The molecule has 0 aliphatic heterocycles. The standard InChI is InChI=1S/C12H11NO3S/c1-17-10-4-2-8(3-5-10)11-6-9(13-16-11)7-12(14)15/h2-6H,7H2,1H3,(H,14,15). The van der Waals surface area contributed by atoms with Crippen molar-refractivity contribution >= 4 is 17.7 Å². The molecular weight excluding hydrogens is 238 g/mol. The van der Waals surface area contributed by atoms with Crippen LogP contribution in [0.15, 0.2) is 39.8 Å². The van der Waals surface area contributed by atoms with E-state index in [1.165, 1.54) is 4.90 Å². The summed E-state index contributed by atoms with van der Waals surface area (Å²) in [5.41, 5.74) is 1.33. The van der Waals surface area contributed by atoms with Gasteiger partial charge in [0.2, 0.25) is 0 Å². The van der Waals surface area contributed by atoms with Crippen LogP contribution < -0.4 is 0 Å². The van der Waals surface area contributed by atoms with Crippen LogP contribution in [0.2, 0.25) is 0 Å². The van der Waals surface area contributed by atoms with Crippen LogP contribution in [0.25, 0.3) is 11.3 Å². The summed E-state index contributed by atoms with van der Waals surface area (Å²) in [5, 5.41) is 12.3. The summed E-state index contributed by atoms with van der Waals surface area (Å²) in [6.07, 6.45) is 1.89. The third-order valence-corrected chi connectivity index (χ3v) is 3.01. The van der Waals surface area contributed by atoms with Crippen molar-refractivity contribution < 1.29 is 14.4 Å². The van der Waals surface area contributed by atoms with Gasteiger partial charge in [0.1, 0.15) is 0 Å². The van der Waals surface area contributed by atoms with Crippen molar-refractivity contribution in [3.05, 3.63) is 36.0 Å². The van der Waals surface area contributed by atoms with E-state index in [4.69, 9.17) is 9.63 Å². The smallest absolute Gasteiger partial charge is 0.309 e. The van der Waals surface area contributed by atoms with Gasteiger partial charge in [-0.05, 0) is 18.4 Å². The lowest BCUT2D eigenvalue weighted by Gasteiger charge is -1.97. The Labute approximate surface area is 103 Å². The highest BCUT2D eigenvalue weighted by molar-refractivity contribution is 7.98. The van der Waals surface area contributed by atoms with E-state index in [9.17, 15) is 4.79 Å². The lowest BCUT2D eigenvalue weighted by atomic mass is 10.1. The molecule has 17 heavy (non-hydrogen) atoms. The van der Waals surface area contributed by atoms with Crippen LogP contribution in [-0.2, 0) is 11.2 Å². The van der Waals surface area contributed by atoms with Crippen LogP contribution in [-0.4, -0.2) is 22.5 Å². The number of benzene rings is 1. The zero-order valence-corrected chi connectivity index (χ0v) is 10.0. The minimum Gasteiger partial charge on any atom is -0.481 e. The Morgan fingerprint density at radius 3 is 2.71 bits per heavy atom. The van der Waals surface area contributed by atoms with Crippen molar-refractivity contribution in [2.24, 2.45) is 0 Å². The second-order valence-electron chi connectivity index (χ2n) is 3.48. The predicted octanol–water partition coefficient (Wildman–Crippen LogP) is 2.69. The predicted molar refractivity (Wildman–Crippen MR) is 65.1 cm³/mol. The van der Waals surface area contributed by atoms with Crippen LogP contribution in [0, 0.1) is 0 Å². The molecule has 1 aromatic carbocycles. The average Bonchev–Trinajstić information content (AvgIpc) is 2.77. The lowest BCUT2D eigenvalue weighted by Crippen LogP contribution is -1.99. The Balaban J connectivity index is 2.21. The van der Waals surface area contributed by atoms with Gasteiger partial charge < -0.3 is 9.63 Å². The molecule has 0 saturated carbocycles. The number of hydrogen-bond donors (Lipinski definition) is 1. The van der Waals surface area contributed by atoms with Crippen LogP contribution in [0.5, 0.6) is 0 Å². The van der Waals surface area contributed by atoms with Gasteiger partial charge in [-0.25, -0.2) is 0 Å². The van der Waals surface area contributed by atoms with E-state index in [0.29, 0.717) is 11.5 Å². The Bertz CT molecular complexity index is 519. The SMILES string of the molecule is CSc1ccc(-c2cc(CC(=O)O)no2)cc1. The van der Waals surface area contributed by atoms with E-state index in [1.807, 2.05) is 30.5 Å². The molecule has 0 spiro atoms. The van der Waals surface area contributed by atoms with Crippen molar-refractivity contribution in [2.75, 3.05) is 6.26 Å². The number of carboxylic acids is 1. The topological polar surface area (TPSA) is 63.3 Å². The summed E-state index contributed by atoms with van der Waals surface area (Å²) in [6, 6.07) is 9.48. The minimum atomic E-state index is -0.914. The number of aromatic nitrogens is 1. The summed E-state index contributed by atoms with van der Waals surface area (Å²) < 4.78 is 5.10.